The molecule has 0 N–H and O–H groups in total. The van der Waals surface area contributed by atoms with Gasteiger partial charge in [0.1, 0.15) is 5.75 Å². The van der Waals surface area contributed by atoms with E-state index in [2.05, 4.69) is 16.3 Å². The van der Waals surface area contributed by atoms with Gasteiger partial charge >= 0.3 is 6.18 Å². The van der Waals surface area contributed by atoms with E-state index in [1.807, 2.05) is 60.7 Å². The maximum atomic E-state index is 13.5. The molecule has 6 aromatic rings. The minimum atomic E-state index is -4.57. The third-order valence-electron chi connectivity index (χ3n) is 5.57. The van der Waals surface area contributed by atoms with Crippen LogP contribution in [-0.2, 0) is 26.3 Å². The number of hydrogen-bond donors (Lipinski definition) is 0. The Bertz CT molecular complexity index is 1660. The second kappa shape index (κ2) is 8.80. The molecule has 0 saturated carbocycles. The normalized spacial score (nSPS) is 11.6. The second-order valence-electron chi connectivity index (χ2n) is 7.75. The van der Waals surface area contributed by atoms with Crippen LogP contribution in [0, 0.1) is 6.07 Å². The van der Waals surface area contributed by atoms with Crippen LogP contribution in [0.2, 0.25) is 0 Å². The Hall–Kier alpha value is -3.74. The SMILES string of the molecule is FC(F)(F)c1ccccc1Oc1nnc(-c2[c-]c3ccccc3o2)c2cc3ccccc3cc12.[Ir]. The largest absolute Gasteiger partial charge is 0.518 e. The van der Waals surface area contributed by atoms with Gasteiger partial charge in [-0.25, -0.2) is 0 Å². The zero-order chi connectivity index (χ0) is 23.3. The summed E-state index contributed by atoms with van der Waals surface area (Å²) in [5.74, 6) is 0.00958. The molecule has 1 radical (unpaired) electrons. The second-order valence-corrected chi connectivity index (χ2v) is 7.75. The van der Waals surface area contributed by atoms with E-state index in [4.69, 9.17) is 9.15 Å². The topological polar surface area (TPSA) is 48.2 Å². The number of fused-ring (bicyclic) bond motifs is 3. The number of para-hydroxylation sites is 2. The van der Waals surface area contributed by atoms with Crippen LogP contribution in [-0.4, -0.2) is 10.2 Å². The van der Waals surface area contributed by atoms with Crippen molar-refractivity contribution in [1.82, 2.24) is 10.2 Å². The van der Waals surface area contributed by atoms with Crippen molar-refractivity contribution in [2.24, 2.45) is 0 Å². The molecular formula is C27H14F3IrN2O2-. The molecule has 0 saturated heterocycles. The Kier molecular flexibility index (Phi) is 5.79. The van der Waals surface area contributed by atoms with Crippen LogP contribution in [0.5, 0.6) is 11.6 Å². The Morgan fingerprint density at radius 1 is 0.771 bits per heavy atom. The van der Waals surface area contributed by atoms with Crippen LogP contribution in [0.1, 0.15) is 5.56 Å². The Morgan fingerprint density at radius 2 is 1.43 bits per heavy atom. The molecule has 0 fully saturated rings. The fourth-order valence-electron chi connectivity index (χ4n) is 3.98. The molecule has 2 aromatic heterocycles. The van der Waals surface area contributed by atoms with Crippen molar-refractivity contribution >= 4 is 32.5 Å². The van der Waals surface area contributed by atoms with Gasteiger partial charge in [-0.1, -0.05) is 60.7 Å². The number of nitrogens with zero attached hydrogens (tertiary/aromatic N) is 2. The quantitative estimate of drug-likeness (QED) is 0.145. The van der Waals surface area contributed by atoms with Gasteiger partial charge in [0, 0.05) is 31.1 Å². The number of benzene rings is 4. The van der Waals surface area contributed by atoms with Crippen molar-refractivity contribution in [2.45, 2.75) is 6.18 Å². The maximum Gasteiger partial charge on any atom is 0.419 e. The van der Waals surface area contributed by atoms with E-state index in [1.165, 1.54) is 18.2 Å². The standard InChI is InChI=1S/C27H14F3N2O2.Ir/c28-27(29,30)21-10-4-6-12-23(21)34-26-20-14-17-8-2-1-7-16(17)13-19(20)25(31-32-26)24-15-18-9-3-5-11-22(18)33-24;/h1-14H;/q-1;. The van der Waals surface area contributed by atoms with Crippen LogP contribution in [0.15, 0.2) is 89.3 Å². The van der Waals surface area contributed by atoms with Gasteiger partial charge < -0.3 is 9.15 Å². The van der Waals surface area contributed by atoms with Gasteiger partial charge in [-0.3, -0.25) is 0 Å². The molecule has 2 heterocycles. The molecular weight excluding hydrogens is 634 g/mol. The predicted molar refractivity (Wildman–Crippen MR) is 123 cm³/mol. The van der Waals surface area contributed by atoms with Crippen LogP contribution in [0.4, 0.5) is 13.2 Å². The average molecular weight is 648 g/mol. The monoisotopic (exact) mass is 648 g/mol. The summed E-state index contributed by atoms with van der Waals surface area (Å²) in [6.07, 6.45) is -4.57. The van der Waals surface area contributed by atoms with E-state index in [1.54, 1.807) is 0 Å². The van der Waals surface area contributed by atoms with Crippen molar-refractivity contribution in [3.63, 3.8) is 0 Å². The van der Waals surface area contributed by atoms with Gasteiger partial charge in [0.05, 0.1) is 17.0 Å². The summed E-state index contributed by atoms with van der Waals surface area (Å²) in [4.78, 5) is 0. The number of rotatable bonds is 3. The van der Waals surface area contributed by atoms with Gasteiger partial charge in [-0.15, -0.1) is 22.6 Å². The molecule has 0 spiro atoms. The summed E-state index contributed by atoms with van der Waals surface area (Å²) in [6.45, 7) is 0. The zero-order valence-corrected chi connectivity index (χ0v) is 20.2. The van der Waals surface area contributed by atoms with E-state index in [0.717, 1.165) is 22.2 Å². The summed E-state index contributed by atoms with van der Waals surface area (Å²) >= 11 is 0. The number of hydrogen-bond acceptors (Lipinski definition) is 4. The number of aromatic nitrogens is 2. The molecule has 4 aromatic carbocycles. The van der Waals surface area contributed by atoms with Gasteiger partial charge in [0.2, 0.25) is 5.88 Å². The Morgan fingerprint density at radius 3 is 2.17 bits per heavy atom. The Balaban J connectivity index is 0.00000253. The number of furan rings is 1. The minimum Gasteiger partial charge on any atom is -0.518 e. The molecule has 0 aliphatic carbocycles. The van der Waals surface area contributed by atoms with Crippen LogP contribution in [0.25, 0.3) is 44.0 Å². The molecule has 35 heavy (non-hydrogen) atoms. The van der Waals surface area contributed by atoms with Crippen LogP contribution in [0.3, 0.4) is 0 Å². The van der Waals surface area contributed by atoms with E-state index in [-0.39, 0.29) is 31.7 Å². The third kappa shape index (κ3) is 4.16. The molecule has 0 bridgehead atoms. The van der Waals surface area contributed by atoms with E-state index in [9.17, 15) is 13.2 Å². The number of alkyl halides is 3. The molecule has 175 valence electrons. The predicted octanol–water partition coefficient (Wildman–Crippen LogP) is 7.80. The molecule has 0 amide bonds. The molecule has 0 unspecified atom stereocenters. The zero-order valence-electron chi connectivity index (χ0n) is 17.8. The van der Waals surface area contributed by atoms with Gasteiger partial charge in [-0.05, 0) is 34.4 Å². The van der Waals surface area contributed by atoms with Crippen molar-refractivity contribution in [3.8, 4) is 23.1 Å². The van der Waals surface area contributed by atoms with E-state index < -0.39 is 11.7 Å². The van der Waals surface area contributed by atoms with Gasteiger partial charge in [0.15, 0.2) is 0 Å². The first-order chi connectivity index (χ1) is 16.5. The Labute approximate surface area is 210 Å². The fraction of sp³-hybridized carbons (Fsp3) is 0.0370. The first-order valence-electron chi connectivity index (χ1n) is 10.4. The van der Waals surface area contributed by atoms with Crippen molar-refractivity contribution in [1.29, 1.82) is 0 Å². The summed E-state index contributed by atoms with van der Waals surface area (Å²) in [5, 5.41) is 12.2. The minimum absolute atomic E-state index is 0. The first-order valence-corrected chi connectivity index (χ1v) is 10.4. The molecule has 0 atom stereocenters. The number of ether oxygens (including phenoxy) is 1. The van der Waals surface area contributed by atoms with Crippen LogP contribution >= 0.6 is 0 Å². The van der Waals surface area contributed by atoms with Gasteiger partial charge in [0.25, 0.3) is 0 Å². The van der Waals surface area contributed by atoms with E-state index in [0.29, 0.717) is 27.8 Å². The summed E-state index contributed by atoms with van der Waals surface area (Å²) in [6, 6.07) is 27.0. The summed E-state index contributed by atoms with van der Waals surface area (Å²) in [7, 11) is 0. The fourth-order valence-corrected chi connectivity index (χ4v) is 3.98. The molecule has 0 aliphatic rings. The van der Waals surface area contributed by atoms with Crippen LogP contribution < -0.4 is 4.74 Å². The summed E-state index contributed by atoms with van der Waals surface area (Å²) < 4.78 is 52.2. The average Bonchev–Trinajstić information content (AvgIpc) is 3.27. The smallest absolute Gasteiger partial charge is 0.419 e. The molecule has 4 nitrogen and oxygen atoms in total. The first kappa shape index (κ1) is 23.0. The summed E-state index contributed by atoms with van der Waals surface area (Å²) in [5.41, 5.74) is 0.182. The number of halogens is 3. The van der Waals surface area contributed by atoms with Crippen molar-refractivity contribution < 1.29 is 42.4 Å². The van der Waals surface area contributed by atoms with Gasteiger partial charge in [-0.2, -0.15) is 18.3 Å². The molecule has 6 rings (SSSR count). The van der Waals surface area contributed by atoms with E-state index >= 15 is 0 Å². The van der Waals surface area contributed by atoms with Crippen molar-refractivity contribution in [3.05, 3.63) is 96.6 Å². The maximum absolute atomic E-state index is 13.5. The molecule has 0 aliphatic heterocycles. The molecule has 8 heteroatoms. The third-order valence-corrected chi connectivity index (χ3v) is 5.57. The van der Waals surface area contributed by atoms with Crippen molar-refractivity contribution in [2.75, 3.05) is 0 Å².